The number of hydrogen-bond donors (Lipinski definition) is 3. The van der Waals surface area contributed by atoms with Crippen molar-refractivity contribution < 1.29 is 33.7 Å². The van der Waals surface area contributed by atoms with Gasteiger partial charge in [-0.15, -0.1) is 0 Å². The SMILES string of the molecule is CCC(=O)C(=O)N(Cc1ccccc1F)[C@@H]1CC(C(=O)NCCO)=C[C@H](Oc2ccccc2I)[C@H]1O. The lowest BCUT2D eigenvalue weighted by molar-refractivity contribution is -0.149. The topological polar surface area (TPSA) is 116 Å². The van der Waals surface area contributed by atoms with Crippen LogP contribution in [0.1, 0.15) is 25.3 Å². The minimum absolute atomic E-state index is 0.0116. The summed E-state index contributed by atoms with van der Waals surface area (Å²) in [5.74, 6) is -2.18. The van der Waals surface area contributed by atoms with Crippen molar-refractivity contribution in [2.75, 3.05) is 13.2 Å². The van der Waals surface area contributed by atoms with Crippen molar-refractivity contribution in [2.24, 2.45) is 0 Å². The van der Waals surface area contributed by atoms with Crippen LogP contribution in [0.2, 0.25) is 0 Å². The Bertz CT molecular complexity index is 1140. The van der Waals surface area contributed by atoms with Gasteiger partial charge >= 0.3 is 0 Å². The maximum Gasteiger partial charge on any atom is 0.290 e. The predicted octanol–water partition coefficient (Wildman–Crippen LogP) is 2.35. The molecule has 0 radical (unpaired) electrons. The van der Waals surface area contributed by atoms with Crippen LogP contribution < -0.4 is 10.1 Å². The molecular formula is C26H28FIN2O6. The number of amides is 2. The molecule has 0 unspecified atom stereocenters. The molecule has 0 aromatic heterocycles. The lowest BCUT2D eigenvalue weighted by atomic mass is 9.87. The molecule has 2 aromatic carbocycles. The summed E-state index contributed by atoms with van der Waals surface area (Å²) in [7, 11) is 0. The number of Topliss-reactive ketones (excluding diaryl/α,β-unsaturated/α-hetero) is 1. The highest BCUT2D eigenvalue weighted by molar-refractivity contribution is 14.1. The van der Waals surface area contributed by atoms with E-state index >= 15 is 0 Å². The van der Waals surface area contributed by atoms with Crippen LogP contribution in [0, 0.1) is 9.39 Å². The molecule has 0 bridgehead atoms. The van der Waals surface area contributed by atoms with Gasteiger partial charge in [-0.2, -0.15) is 0 Å². The molecule has 8 nitrogen and oxygen atoms in total. The highest BCUT2D eigenvalue weighted by Gasteiger charge is 2.41. The second-order valence-electron chi connectivity index (χ2n) is 8.25. The number of carbonyl (C=O) groups excluding carboxylic acids is 3. The number of ketones is 1. The number of carbonyl (C=O) groups is 3. The van der Waals surface area contributed by atoms with Gasteiger partial charge in [0, 0.05) is 37.1 Å². The van der Waals surface area contributed by atoms with Gasteiger partial charge in [-0.25, -0.2) is 4.39 Å². The number of aliphatic hydroxyl groups excluding tert-OH is 2. The van der Waals surface area contributed by atoms with Crippen molar-refractivity contribution in [3.8, 4) is 5.75 Å². The monoisotopic (exact) mass is 610 g/mol. The Morgan fingerprint density at radius 2 is 1.86 bits per heavy atom. The Hall–Kier alpha value is -2.83. The first-order chi connectivity index (χ1) is 17.3. The minimum Gasteiger partial charge on any atom is -0.482 e. The van der Waals surface area contributed by atoms with Crippen molar-refractivity contribution >= 4 is 40.2 Å². The average Bonchev–Trinajstić information content (AvgIpc) is 2.88. The van der Waals surface area contributed by atoms with E-state index in [1.54, 1.807) is 18.2 Å². The van der Waals surface area contributed by atoms with Gasteiger partial charge in [-0.3, -0.25) is 14.4 Å². The molecule has 0 saturated heterocycles. The van der Waals surface area contributed by atoms with Gasteiger partial charge in [0.15, 0.2) is 0 Å². The van der Waals surface area contributed by atoms with Crippen molar-refractivity contribution in [1.29, 1.82) is 0 Å². The molecule has 0 heterocycles. The van der Waals surface area contributed by atoms with Crippen LogP contribution in [0.3, 0.4) is 0 Å². The Labute approximate surface area is 222 Å². The highest BCUT2D eigenvalue weighted by atomic mass is 127. The smallest absolute Gasteiger partial charge is 0.290 e. The third-order valence-corrected chi connectivity index (χ3v) is 6.72. The summed E-state index contributed by atoms with van der Waals surface area (Å²) in [5.41, 5.74) is 0.378. The number of benzene rings is 2. The van der Waals surface area contributed by atoms with Crippen molar-refractivity contribution in [3.05, 3.63) is 75.1 Å². The largest absolute Gasteiger partial charge is 0.482 e. The Morgan fingerprint density at radius 3 is 2.53 bits per heavy atom. The number of nitrogens with one attached hydrogen (secondary N) is 1. The fraction of sp³-hybridized carbons (Fsp3) is 0.346. The molecule has 1 aliphatic carbocycles. The molecule has 0 aliphatic heterocycles. The van der Waals surface area contributed by atoms with Gasteiger partial charge in [0.25, 0.3) is 5.91 Å². The molecule has 10 heteroatoms. The summed E-state index contributed by atoms with van der Waals surface area (Å²) in [6.45, 7) is 1.00. The average molecular weight is 610 g/mol. The number of para-hydroxylation sites is 1. The standard InChI is InChI=1S/C26H28FIN2O6/c1-2-21(32)26(35)30(15-16-7-3-4-8-18(16)27)20-13-17(25(34)29-11-12-31)14-23(24(20)33)36-22-10-6-5-9-19(22)28/h3-10,14,20,23-24,31,33H,2,11-13,15H2,1H3,(H,29,34)/t20-,23+,24+/m1/s1. The summed E-state index contributed by atoms with van der Waals surface area (Å²) >= 11 is 2.08. The van der Waals surface area contributed by atoms with Gasteiger partial charge < -0.3 is 25.2 Å². The zero-order valence-electron chi connectivity index (χ0n) is 19.7. The van der Waals surface area contributed by atoms with E-state index in [9.17, 15) is 23.9 Å². The van der Waals surface area contributed by atoms with Gasteiger partial charge in [-0.1, -0.05) is 37.3 Å². The summed E-state index contributed by atoms with van der Waals surface area (Å²) in [6.07, 6.45) is -1.05. The summed E-state index contributed by atoms with van der Waals surface area (Å²) in [5, 5.41) is 23.0. The second kappa shape index (κ2) is 12.9. The van der Waals surface area contributed by atoms with E-state index in [2.05, 4.69) is 27.9 Å². The lowest BCUT2D eigenvalue weighted by Crippen LogP contribution is -2.56. The molecule has 1 aliphatic rings. The summed E-state index contributed by atoms with van der Waals surface area (Å²) in [6, 6.07) is 11.9. The normalized spacial score (nSPS) is 19.2. The number of halogens is 2. The molecule has 3 rings (SSSR count). The number of rotatable bonds is 10. The van der Waals surface area contributed by atoms with E-state index in [-0.39, 0.29) is 43.7 Å². The summed E-state index contributed by atoms with van der Waals surface area (Å²) < 4.78 is 21.3. The van der Waals surface area contributed by atoms with Gasteiger partial charge in [-0.05, 0) is 46.9 Å². The molecule has 2 amide bonds. The fourth-order valence-electron chi connectivity index (χ4n) is 3.93. The third kappa shape index (κ3) is 6.68. The quantitative estimate of drug-likeness (QED) is 0.281. The summed E-state index contributed by atoms with van der Waals surface area (Å²) in [4.78, 5) is 39.5. The first kappa shape index (κ1) is 27.8. The molecule has 0 saturated carbocycles. The van der Waals surface area contributed by atoms with Crippen molar-refractivity contribution in [2.45, 2.75) is 44.6 Å². The lowest BCUT2D eigenvalue weighted by Gasteiger charge is -2.40. The van der Waals surface area contributed by atoms with Crippen LogP contribution in [0.4, 0.5) is 4.39 Å². The molecule has 0 fully saturated rings. The van der Waals surface area contributed by atoms with Crippen LogP contribution in [-0.4, -0.2) is 64.1 Å². The van der Waals surface area contributed by atoms with Crippen LogP contribution in [0.5, 0.6) is 5.75 Å². The highest BCUT2D eigenvalue weighted by Crippen LogP contribution is 2.30. The zero-order valence-corrected chi connectivity index (χ0v) is 21.9. The first-order valence-corrected chi connectivity index (χ1v) is 12.6. The van der Waals surface area contributed by atoms with E-state index in [1.807, 2.05) is 12.1 Å². The van der Waals surface area contributed by atoms with Crippen LogP contribution >= 0.6 is 22.6 Å². The Kier molecular flexibility index (Phi) is 9.97. The van der Waals surface area contributed by atoms with E-state index in [1.165, 1.54) is 31.2 Å². The number of aliphatic hydroxyl groups is 2. The molecule has 3 atom stereocenters. The van der Waals surface area contributed by atoms with Crippen molar-refractivity contribution in [1.82, 2.24) is 10.2 Å². The Balaban J connectivity index is 2.02. The predicted molar refractivity (Wildman–Crippen MR) is 138 cm³/mol. The second-order valence-corrected chi connectivity index (χ2v) is 9.41. The van der Waals surface area contributed by atoms with Crippen LogP contribution in [-0.2, 0) is 20.9 Å². The number of hydrogen-bond acceptors (Lipinski definition) is 6. The van der Waals surface area contributed by atoms with E-state index < -0.39 is 41.7 Å². The molecular weight excluding hydrogens is 582 g/mol. The van der Waals surface area contributed by atoms with Crippen molar-refractivity contribution in [3.63, 3.8) is 0 Å². The van der Waals surface area contributed by atoms with Gasteiger partial charge in [0.2, 0.25) is 11.7 Å². The number of nitrogens with zero attached hydrogens (tertiary/aromatic N) is 1. The van der Waals surface area contributed by atoms with Gasteiger partial charge in [0.05, 0.1) is 16.2 Å². The van der Waals surface area contributed by atoms with E-state index in [4.69, 9.17) is 9.84 Å². The Morgan fingerprint density at radius 1 is 1.17 bits per heavy atom. The maximum absolute atomic E-state index is 14.5. The van der Waals surface area contributed by atoms with E-state index in [0.717, 1.165) is 8.47 Å². The third-order valence-electron chi connectivity index (χ3n) is 5.83. The fourth-order valence-corrected chi connectivity index (χ4v) is 4.44. The maximum atomic E-state index is 14.5. The minimum atomic E-state index is -1.32. The number of ether oxygens (including phenoxy) is 1. The molecule has 36 heavy (non-hydrogen) atoms. The van der Waals surface area contributed by atoms with E-state index in [0.29, 0.717) is 5.75 Å². The molecule has 192 valence electrons. The van der Waals surface area contributed by atoms with Gasteiger partial charge in [0.1, 0.15) is 23.8 Å². The zero-order chi connectivity index (χ0) is 26.2. The molecule has 2 aromatic rings. The van der Waals surface area contributed by atoms with Crippen LogP contribution in [0.25, 0.3) is 0 Å². The van der Waals surface area contributed by atoms with Crippen LogP contribution in [0.15, 0.2) is 60.2 Å². The molecule has 0 spiro atoms. The molecule has 3 N–H and O–H groups in total. The first-order valence-electron chi connectivity index (χ1n) is 11.5.